The number of carbonyl (C=O) groups excluding carboxylic acids is 1. The first-order valence-electron chi connectivity index (χ1n) is 9.00. The second-order valence-electron chi connectivity index (χ2n) is 6.75. The Hall–Kier alpha value is -3.62. The number of methoxy groups -OCH3 is 1. The van der Waals surface area contributed by atoms with Crippen LogP contribution in [0, 0.1) is 5.82 Å². The van der Waals surface area contributed by atoms with Crippen molar-refractivity contribution in [1.82, 2.24) is 10.1 Å². The van der Waals surface area contributed by atoms with E-state index in [9.17, 15) is 9.18 Å². The number of benzene rings is 2. The molecule has 1 atom stereocenters. The lowest BCUT2D eigenvalue weighted by molar-refractivity contribution is -0.117. The van der Waals surface area contributed by atoms with Gasteiger partial charge < -0.3 is 23.6 Å². The second kappa shape index (κ2) is 6.77. The monoisotopic (exact) mass is 397 g/mol. The number of fused-ring (bicyclic) bond motifs is 1. The van der Waals surface area contributed by atoms with Crippen molar-refractivity contribution < 1.29 is 27.9 Å². The average molecular weight is 397 g/mol. The van der Waals surface area contributed by atoms with Gasteiger partial charge in [0.25, 0.3) is 0 Å². The summed E-state index contributed by atoms with van der Waals surface area (Å²) in [6.07, 6.45) is 0.205. The Morgan fingerprint density at radius 2 is 2.03 bits per heavy atom. The molecule has 1 unspecified atom stereocenters. The molecule has 2 aliphatic heterocycles. The zero-order valence-corrected chi connectivity index (χ0v) is 15.4. The molecule has 1 fully saturated rings. The van der Waals surface area contributed by atoms with Crippen LogP contribution in [0.3, 0.4) is 0 Å². The van der Waals surface area contributed by atoms with E-state index in [1.165, 1.54) is 24.1 Å². The van der Waals surface area contributed by atoms with Crippen LogP contribution in [0.15, 0.2) is 40.9 Å². The van der Waals surface area contributed by atoms with E-state index in [-0.39, 0.29) is 30.8 Å². The Morgan fingerprint density at radius 3 is 2.86 bits per heavy atom. The highest BCUT2D eigenvalue weighted by atomic mass is 19.1. The molecule has 0 aliphatic carbocycles. The Morgan fingerprint density at radius 1 is 1.17 bits per heavy atom. The van der Waals surface area contributed by atoms with Crippen molar-refractivity contribution in [2.75, 3.05) is 25.3 Å². The van der Waals surface area contributed by atoms with Gasteiger partial charge >= 0.3 is 0 Å². The molecule has 1 saturated heterocycles. The summed E-state index contributed by atoms with van der Waals surface area (Å²) in [5.74, 6) is 1.25. The normalized spacial score (nSPS) is 17.8. The molecule has 148 valence electrons. The smallest absolute Gasteiger partial charge is 0.232 e. The molecule has 9 heteroatoms. The minimum atomic E-state index is -0.524. The van der Waals surface area contributed by atoms with Crippen molar-refractivity contribution in [2.45, 2.75) is 12.3 Å². The Bertz CT molecular complexity index is 1100. The van der Waals surface area contributed by atoms with Crippen molar-refractivity contribution in [1.29, 1.82) is 0 Å². The van der Waals surface area contributed by atoms with Crippen molar-refractivity contribution in [3.8, 4) is 28.6 Å². The van der Waals surface area contributed by atoms with Gasteiger partial charge in [0.05, 0.1) is 13.0 Å². The average Bonchev–Trinajstić information content (AvgIpc) is 3.46. The largest absolute Gasteiger partial charge is 0.494 e. The Kier molecular flexibility index (Phi) is 4.08. The molecule has 2 aliphatic rings. The highest BCUT2D eigenvalue weighted by Gasteiger charge is 2.35. The molecular formula is C20H16FN3O5. The highest BCUT2D eigenvalue weighted by Crippen LogP contribution is 2.37. The summed E-state index contributed by atoms with van der Waals surface area (Å²) in [5.41, 5.74) is 1.19. The summed E-state index contributed by atoms with van der Waals surface area (Å²) in [6, 6.07) is 9.80. The zero-order valence-electron chi connectivity index (χ0n) is 15.4. The van der Waals surface area contributed by atoms with E-state index in [1.54, 1.807) is 18.2 Å². The first-order valence-corrected chi connectivity index (χ1v) is 9.00. The molecule has 3 aromatic rings. The molecule has 1 aromatic heterocycles. The number of hydrogen-bond donors (Lipinski definition) is 0. The third-order valence-electron chi connectivity index (χ3n) is 4.99. The van der Waals surface area contributed by atoms with Gasteiger partial charge in [-0.05, 0) is 30.3 Å². The molecule has 1 amide bonds. The van der Waals surface area contributed by atoms with Gasteiger partial charge in [-0.2, -0.15) is 4.98 Å². The minimum Gasteiger partial charge on any atom is -0.494 e. The standard InChI is InChI=1S/C20H16FN3O5/c1-26-15-5-3-13(8-14(15)21)24-9-12(7-18(24)25)20-22-19(23-29-20)11-2-4-16-17(6-11)28-10-27-16/h2-6,8,12H,7,9-10H2,1H3. The molecule has 0 bridgehead atoms. The minimum absolute atomic E-state index is 0.127. The maximum Gasteiger partial charge on any atom is 0.232 e. The van der Waals surface area contributed by atoms with Gasteiger partial charge in [0.2, 0.25) is 24.4 Å². The van der Waals surface area contributed by atoms with Gasteiger partial charge in [0.1, 0.15) is 0 Å². The van der Waals surface area contributed by atoms with E-state index in [4.69, 9.17) is 18.7 Å². The van der Waals surface area contributed by atoms with Crippen LogP contribution in [-0.4, -0.2) is 36.5 Å². The van der Waals surface area contributed by atoms with E-state index in [1.807, 2.05) is 6.07 Å². The van der Waals surface area contributed by atoms with Crippen LogP contribution in [-0.2, 0) is 4.79 Å². The molecule has 29 heavy (non-hydrogen) atoms. The summed E-state index contributed by atoms with van der Waals surface area (Å²) < 4.78 is 35.0. The SMILES string of the molecule is COc1ccc(N2CC(c3nc(-c4ccc5c(c4)OCO5)no3)CC2=O)cc1F. The van der Waals surface area contributed by atoms with Gasteiger partial charge in [-0.15, -0.1) is 0 Å². The molecule has 5 rings (SSSR count). The molecule has 0 radical (unpaired) electrons. The van der Waals surface area contributed by atoms with Crippen LogP contribution in [0.5, 0.6) is 17.2 Å². The lowest BCUT2D eigenvalue weighted by Gasteiger charge is -2.16. The van der Waals surface area contributed by atoms with Crippen molar-refractivity contribution in [3.63, 3.8) is 0 Å². The van der Waals surface area contributed by atoms with Crippen LogP contribution in [0.1, 0.15) is 18.2 Å². The molecule has 0 saturated carbocycles. The summed E-state index contributed by atoms with van der Waals surface area (Å²) in [5, 5.41) is 4.03. The van der Waals surface area contributed by atoms with E-state index in [0.717, 1.165) is 5.56 Å². The third-order valence-corrected chi connectivity index (χ3v) is 4.99. The van der Waals surface area contributed by atoms with Crippen LogP contribution in [0.25, 0.3) is 11.4 Å². The maximum absolute atomic E-state index is 14.0. The predicted molar refractivity (Wildman–Crippen MR) is 98.5 cm³/mol. The van der Waals surface area contributed by atoms with Gasteiger partial charge in [-0.3, -0.25) is 4.79 Å². The van der Waals surface area contributed by atoms with Gasteiger partial charge in [0.15, 0.2) is 23.1 Å². The fraction of sp³-hybridized carbons (Fsp3) is 0.250. The molecule has 3 heterocycles. The summed E-state index contributed by atoms with van der Waals surface area (Å²) in [6.45, 7) is 0.510. The van der Waals surface area contributed by atoms with Crippen LogP contribution >= 0.6 is 0 Å². The first-order chi connectivity index (χ1) is 14.1. The fourth-order valence-electron chi connectivity index (χ4n) is 3.50. The number of anilines is 1. The molecule has 2 aromatic carbocycles. The number of ether oxygens (including phenoxy) is 3. The van der Waals surface area contributed by atoms with E-state index < -0.39 is 5.82 Å². The van der Waals surface area contributed by atoms with Crippen LogP contribution in [0.2, 0.25) is 0 Å². The number of rotatable bonds is 4. The van der Waals surface area contributed by atoms with Crippen LogP contribution in [0.4, 0.5) is 10.1 Å². The fourth-order valence-corrected chi connectivity index (χ4v) is 3.50. The molecule has 0 spiro atoms. The van der Waals surface area contributed by atoms with E-state index in [2.05, 4.69) is 10.1 Å². The predicted octanol–water partition coefficient (Wildman–Crippen LogP) is 3.13. The first kappa shape index (κ1) is 17.5. The number of halogens is 1. The number of amides is 1. The molecular weight excluding hydrogens is 381 g/mol. The van der Waals surface area contributed by atoms with Crippen molar-refractivity contribution in [3.05, 3.63) is 48.1 Å². The molecule has 8 nitrogen and oxygen atoms in total. The number of carbonyl (C=O) groups is 1. The summed E-state index contributed by atoms with van der Waals surface area (Å²) >= 11 is 0. The van der Waals surface area contributed by atoms with Gasteiger partial charge in [-0.25, -0.2) is 4.39 Å². The zero-order chi connectivity index (χ0) is 20.0. The van der Waals surface area contributed by atoms with Crippen molar-refractivity contribution in [2.24, 2.45) is 0 Å². The van der Waals surface area contributed by atoms with E-state index >= 15 is 0 Å². The number of hydrogen-bond acceptors (Lipinski definition) is 7. The van der Waals surface area contributed by atoms with Gasteiger partial charge in [0, 0.05) is 30.3 Å². The quantitative estimate of drug-likeness (QED) is 0.668. The Balaban J connectivity index is 1.36. The van der Waals surface area contributed by atoms with Crippen LogP contribution < -0.4 is 19.1 Å². The number of nitrogens with zero attached hydrogens (tertiary/aromatic N) is 3. The summed E-state index contributed by atoms with van der Waals surface area (Å²) in [7, 11) is 1.39. The maximum atomic E-state index is 14.0. The topological polar surface area (TPSA) is 86.9 Å². The summed E-state index contributed by atoms with van der Waals surface area (Å²) in [4.78, 5) is 18.4. The molecule has 0 N–H and O–H groups in total. The number of aromatic nitrogens is 2. The van der Waals surface area contributed by atoms with Crippen molar-refractivity contribution >= 4 is 11.6 Å². The Labute approximate surface area is 164 Å². The highest BCUT2D eigenvalue weighted by molar-refractivity contribution is 5.96. The third kappa shape index (κ3) is 3.04. The van der Waals surface area contributed by atoms with Gasteiger partial charge in [-0.1, -0.05) is 5.16 Å². The lowest BCUT2D eigenvalue weighted by atomic mass is 10.1. The van der Waals surface area contributed by atoms with E-state index in [0.29, 0.717) is 35.4 Å². The lowest BCUT2D eigenvalue weighted by Crippen LogP contribution is -2.24. The second-order valence-corrected chi connectivity index (χ2v) is 6.75.